The minimum Gasteiger partial charge on any atom is -0.870 e. The molecular weight excluding hydrogens is 1620 g/mol. The van der Waals surface area contributed by atoms with E-state index < -0.39 is 91.7 Å². The molecule has 0 fully saturated rings. The Morgan fingerprint density at radius 1 is 0.480 bits per heavy atom. The van der Waals surface area contributed by atoms with Gasteiger partial charge in [0.2, 0.25) is 22.1 Å². The normalized spacial score (nSPS) is 10.9. The third kappa shape index (κ3) is 21.0. The molecule has 0 saturated heterocycles. The third-order valence-corrected chi connectivity index (χ3v) is 19.2. The monoisotopic (exact) mass is 1690 g/mol. The van der Waals surface area contributed by atoms with Crippen LogP contribution in [0.15, 0.2) is 240 Å². The summed E-state index contributed by atoms with van der Waals surface area (Å²) in [7, 11) is 6.86. The average Bonchev–Trinajstić information content (AvgIpc) is 1.21. The number of carboxylic acids is 1. The molecule has 9 aromatic carbocycles. The smallest absolute Gasteiger partial charge is 0.870 e. The van der Waals surface area contributed by atoms with Crippen LogP contribution in [-0.4, -0.2) is 143 Å². The van der Waals surface area contributed by atoms with Gasteiger partial charge in [-0.2, -0.15) is 25.5 Å². The molecule has 17 rings (SSSR count). The molecular formula is C90H78F5LiN16O13. The quantitative estimate of drug-likeness (QED) is 0.00650. The van der Waals surface area contributed by atoms with Crippen LogP contribution in [0.4, 0.5) is 27.6 Å². The molecule has 8 heterocycles. The summed E-state index contributed by atoms with van der Waals surface area (Å²) in [6.45, 7) is 13.5. The van der Waals surface area contributed by atoms with Crippen molar-refractivity contribution in [3.8, 4) is 0 Å². The van der Waals surface area contributed by atoms with Crippen molar-refractivity contribution in [2.75, 3.05) is 33.9 Å². The minimum absolute atomic E-state index is 0. The number of halogens is 5. The fourth-order valence-corrected chi connectivity index (χ4v) is 13.4. The van der Waals surface area contributed by atoms with Crippen LogP contribution < -0.4 is 40.9 Å². The molecule has 29 nitrogen and oxygen atoms in total. The Bertz CT molecular complexity index is 7170. The molecule has 125 heavy (non-hydrogen) atoms. The number of carbonyl (C=O) groups excluding carboxylic acids is 4. The number of benzene rings is 9. The summed E-state index contributed by atoms with van der Waals surface area (Å²) in [6, 6.07) is 45.0. The van der Waals surface area contributed by atoms with Gasteiger partial charge in [0.1, 0.15) is 51.3 Å². The Balaban J connectivity index is 0.000000161. The standard InChI is InChI=1S/C21H18FN3O3.C20H16FN3O3.C19H14FN3O3.C14H15F2NO3.C8H5N3.C8H9N3.Li.H2O/c1-3-28-21(27)15-12-25(18-6-4-5-16(22)19(18)20(15)26)11-13-7-8-17-14(9-13)10-23-24(17)2;1-2-27-20(26)14-11-24(17-5-3-4-15(21)18(17)19(14)25)10-12-6-7-16-13(8-12)9-22-23-16;1-22-15-6-5-11(7-12(15)8-21-22)9-23-10-13(19(25)26)18(24)17-14(20)3-2-4-16(17)23;1-4-20-14(19)9(8-17(2)3)13(18)12-10(15)6-5-7-11(12)16;1-9-7-2-3-8-6(4-7)5-10-11-8;9-4-6-1-2-8-7(3-6)5-10-11-8;;/h4-10,12H,3,11H2,1-2H3;3-9,11H,2,10H2,1H3,(H,22,23);2-8,10H,9H2,1H3,(H,25,26);5-8H,4H2,1-3H3;2-5H,(H,10,11);1-3,5H,4,9H2,(H,10,11);;1H2/q;;;;;;+1;/p-1/b;;;9-8-;;;;. The number of pyridine rings is 3. The molecule has 0 aliphatic heterocycles. The van der Waals surface area contributed by atoms with Crippen LogP contribution in [0.2, 0.25) is 0 Å². The van der Waals surface area contributed by atoms with Crippen molar-refractivity contribution < 1.29 is 89.6 Å². The summed E-state index contributed by atoms with van der Waals surface area (Å²) in [5.74, 6) is -8.97. The molecule has 0 aliphatic carbocycles. The summed E-state index contributed by atoms with van der Waals surface area (Å²) in [5, 5.41) is 42.6. The van der Waals surface area contributed by atoms with Gasteiger partial charge in [-0.15, -0.1) is 0 Å². The van der Waals surface area contributed by atoms with E-state index in [9.17, 15) is 65.4 Å². The van der Waals surface area contributed by atoms with Crippen LogP contribution in [0.1, 0.15) is 84.5 Å². The largest absolute Gasteiger partial charge is 1.00 e. The molecule has 0 aliphatic rings. The van der Waals surface area contributed by atoms with E-state index in [0.29, 0.717) is 48.4 Å². The number of nitrogens with one attached hydrogen (secondary N) is 3. The minimum atomic E-state index is -1.38. The van der Waals surface area contributed by atoms with Crippen LogP contribution in [0, 0.1) is 35.7 Å². The average molecular weight is 1690 g/mol. The van der Waals surface area contributed by atoms with Gasteiger partial charge in [-0.25, -0.2) is 46.0 Å². The fourth-order valence-electron chi connectivity index (χ4n) is 13.4. The first kappa shape index (κ1) is 92.0. The second-order valence-electron chi connectivity index (χ2n) is 27.7. The molecule has 0 radical (unpaired) electrons. The number of H-pyrrole nitrogens is 3. The number of Topliss-reactive ketones (excluding diaryl/α,β-unsaturated/α-hetero) is 1. The van der Waals surface area contributed by atoms with E-state index in [-0.39, 0.29) is 71.4 Å². The van der Waals surface area contributed by atoms with E-state index in [1.165, 1.54) is 54.0 Å². The predicted molar refractivity (Wildman–Crippen MR) is 456 cm³/mol. The number of aromatic nitrogens is 13. The van der Waals surface area contributed by atoms with Crippen molar-refractivity contribution in [3.05, 3.63) is 341 Å². The number of carbonyl (C=O) groups is 5. The molecule has 0 bridgehead atoms. The molecule has 0 unspecified atom stereocenters. The molecule has 7 N–H and O–H groups in total. The Kier molecular flexibility index (Phi) is 30.4. The first-order valence-electron chi connectivity index (χ1n) is 37.9. The first-order valence-corrected chi connectivity index (χ1v) is 37.9. The molecule has 35 heteroatoms. The van der Waals surface area contributed by atoms with E-state index in [1.807, 2.05) is 99.0 Å². The predicted octanol–water partition coefficient (Wildman–Crippen LogP) is 11.4. The summed E-state index contributed by atoms with van der Waals surface area (Å²) in [4.78, 5) is 102. The summed E-state index contributed by atoms with van der Waals surface area (Å²) >= 11 is 0. The number of carboxylic acid groups (broad SMARTS) is 1. The van der Waals surface area contributed by atoms with Gasteiger partial charge in [-0.1, -0.05) is 54.6 Å². The zero-order valence-electron chi connectivity index (χ0n) is 68.5. The number of aromatic amines is 3. The van der Waals surface area contributed by atoms with Gasteiger partial charge in [0.25, 0.3) is 0 Å². The number of nitrogens with two attached hydrogens (primary N) is 1. The summed E-state index contributed by atoms with van der Waals surface area (Å²) in [5.41, 5.74) is 11.9. The molecule has 17 aromatic rings. The van der Waals surface area contributed by atoms with Crippen LogP contribution >= 0.6 is 0 Å². The number of fused-ring (bicyclic) bond motifs is 8. The van der Waals surface area contributed by atoms with E-state index >= 15 is 0 Å². The van der Waals surface area contributed by atoms with Gasteiger partial charge in [-0.3, -0.25) is 43.8 Å². The van der Waals surface area contributed by atoms with E-state index in [4.69, 9.17) is 26.5 Å². The Morgan fingerprint density at radius 3 is 1.24 bits per heavy atom. The Labute approximate surface area is 718 Å². The van der Waals surface area contributed by atoms with Gasteiger partial charge < -0.3 is 49.1 Å². The van der Waals surface area contributed by atoms with Crippen molar-refractivity contribution in [2.45, 2.75) is 47.0 Å². The van der Waals surface area contributed by atoms with Crippen molar-refractivity contribution in [1.82, 2.24) is 68.8 Å². The Morgan fingerprint density at radius 2 is 0.840 bits per heavy atom. The number of esters is 3. The van der Waals surface area contributed by atoms with Crippen molar-refractivity contribution >= 4 is 123 Å². The molecule has 0 saturated carbocycles. The van der Waals surface area contributed by atoms with E-state index in [1.54, 1.807) is 119 Å². The third-order valence-electron chi connectivity index (χ3n) is 19.2. The molecule has 632 valence electrons. The molecule has 8 aromatic heterocycles. The molecule has 0 amide bonds. The topological polar surface area (TPSA) is 385 Å². The number of ether oxygens (including phenoxy) is 3. The SMILES string of the molecule is CCOC(=O)/C(=C\N(C)C)C(=O)c1c(F)cccc1F.CCOC(=O)c1cn(Cc2ccc3[nH]ncc3c2)c2cccc(F)c2c1=O.CCOC(=O)c1cn(Cc2ccc3c(cnn3C)c2)c2cccc(F)c2c1=O.Cn1ncc2cc(Cn3cc(C(=O)O)c(=O)c4c(F)cccc43)ccc21.NCc1ccc2[nH]ncc2c1.[C-]#[N+]c1ccc2[nH]ncc2c1.[Li+].[OH-]. The number of aromatic carboxylic acids is 1. The van der Waals surface area contributed by atoms with Crippen molar-refractivity contribution in [2.24, 2.45) is 19.8 Å². The molecule has 0 spiro atoms. The van der Waals surface area contributed by atoms with Gasteiger partial charge in [0, 0.05) is 106 Å². The van der Waals surface area contributed by atoms with Gasteiger partial charge >= 0.3 is 42.7 Å². The zero-order chi connectivity index (χ0) is 87.9. The summed E-state index contributed by atoms with van der Waals surface area (Å²) in [6.07, 6.45) is 14.0. The van der Waals surface area contributed by atoms with Crippen LogP contribution in [0.5, 0.6) is 0 Å². The number of aryl methyl sites for hydroxylation is 2. The van der Waals surface area contributed by atoms with Gasteiger partial charge in [0.05, 0.1) is 123 Å². The maximum atomic E-state index is 14.4. The fraction of sp³-hybridized carbons (Fsp3) is 0.156. The maximum absolute atomic E-state index is 14.4. The van der Waals surface area contributed by atoms with Crippen LogP contribution in [0.3, 0.4) is 0 Å². The van der Waals surface area contributed by atoms with E-state index in [0.717, 1.165) is 101 Å². The maximum Gasteiger partial charge on any atom is 1.00 e. The van der Waals surface area contributed by atoms with Crippen molar-refractivity contribution in [1.29, 1.82) is 0 Å². The van der Waals surface area contributed by atoms with E-state index in [2.05, 4.69) is 45.6 Å². The number of rotatable bonds is 17. The first-order chi connectivity index (χ1) is 59.2. The van der Waals surface area contributed by atoms with Crippen LogP contribution in [0.25, 0.3) is 92.1 Å². The number of hydrogen-bond donors (Lipinski definition) is 5. The Hall–Kier alpha value is -15.3. The molecule has 0 atom stereocenters. The number of ketones is 1. The van der Waals surface area contributed by atoms with Gasteiger partial charge in [-0.05, 0) is 152 Å². The van der Waals surface area contributed by atoms with Crippen molar-refractivity contribution in [3.63, 3.8) is 0 Å². The number of hydrogen-bond acceptors (Lipinski definition) is 19. The second-order valence-corrected chi connectivity index (χ2v) is 27.7. The van der Waals surface area contributed by atoms with Crippen LogP contribution in [-0.2, 0) is 59.3 Å². The second kappa shape index (κ2) is 41.3. The summed E-state index contributed by atoms with van der Waals surface area (Å²) < 4.78 is 93.4. The zero-order valence-corrected chi connectivity index (χ0v) is 68.5. The van der Waals surface area contributed by atoms with Gasteiger partial charge in [0.15, 0.2) is 5.69 Å². The number of nitrogens with zero attached hydrogens (tertiary/aromatic N) is 12.